The van der Waals surface area contributed by atoms with Gasteiger partial charge in [0.1, 0.15) is 5.03 Å². The molecule has 26 heavy (non-hydrogen) atoms. The van der Waals surface area contributed by atoms with Crippen molar-refractivity contribution in [2.24, 2.45) is 0 Å². The molecule has 4 nitrogen and oxygen atoms in total. The van der Waals surface area contributed by atoms with Crippen LogP contribution in [-0.4, -0.2) is 22.2 Å². The fraction of sp³-hybridized carbons (Fsp3) is 0.429. The molecule has 3 rings (SSSR count). The zero-order chi connectivity index (χ0) is 18.4. The third-order valence-corrected chi connectivity index (χ3v) is 5.72. The summed E-state index contributed by atoms with van der Waals surface area (Å²) in [5.41, 5.74) is 2.47. The monoisotopic (exact) mass is 370 g/mol. The average molecular weight is 371 g/mol. The molecule has 1 saturated carbocycles. The zero-order valence-corrected chi connectivity index (χ0v) is 16.2. The van der Waals surface area contributed by atoms with E-state index in [0.717, 1.165) is 16.3 Å². The molecule has 1 N–H and O–H groups in total. The zero-order valence-electron chi connectivity index (χ0n) is 15.4. The number of amides is 1. The van der Waals surface area contributed by atoms with E-state index in [4.69, 9.17) is 4.74 Å². The van der Waals surface area contributed by atoms with Crippen LogP contribution in [0.3, 0.4) is 0 Å². The largest absolute Gasteiger partial charge is 0.374 e. The van der Waals surface area contributed by atoms with Crippen molar-refractivity contribution in [2.45, 2.75) is 62.5 Å². The third-order valence-electron chi connectivity index (χ3n) is 4.36. The summed E-state index contributed by atoms with van der Waals surface area (Å²) in [6, 6.07) is 11.5. The van der Waals surface area contributed by atoms with Crippen LogP contribution in [0.1, 0.15) is 55.5 Å². The lowest BCUT2D eigenvalue weighted by Crippen LogP contribution is -2.14. The van der Waals surface area contributed by atoms with Gasteiger partial charge >= 0.3 is 0 Å². The van der Waals surface area contributed by atoms with Crippen LogP contribution in [0.5, 0.6) is 0 Å². The first-order valence-electron chi connectivity index (χ1n) is 9.25. The van der Waals surface area contributed by atoms with Crippen molar-refractivity contribution in [3.8, 4) is 0 Å². The highest BCUT2D eigenvalue weighted by atomic mass is 32.2. The number of rotatable bonds is 7. The van der Waals surface area contributed by atoms with Crippen molar-refractivity contribution in [3.63, 3.8) is 0 Å². The van der Waals surface area contributed by atoms with Crippen LogP contribution in [-0.2, 0) is 11.3 Å². The number of pyridine rings is 1. The first-order valence-corrected chi connectivity index (χ1v) is 10.1. The molecule has 0 saturated heterocycles. The van der Waals surface area contributed by atoms with Crippen molar-refractivity contribution >= 4 is 23.4 Å². The summed E-state index contributed by atoms with van der Waals surface area (Å²) in [6.07, 6.45) is 6.91. The number of hydrogen-bond acceptors (Lipinski definition) is 4. The van der Waals surface area contributed by atoms with E-state index in [1.54, 1.807) is 18.0 Å². The van der Waals surface area contributed by atoms with Crippen molar-refractivity contribution in [3.05, 3.63) is 53.7 Å². The Balaban J connectivity index is 1.69. The summed E-state index contributed by atoms with van der Waals surface area (Å²) >= 11 is 1.74. The topological polar surface area (TPSA) is 51.2 Å². The highest BCUT2D eigenvalue weighted by Crippen LogP contribution is 2.35. The first-order chi connectivity index (χ1) is 12.6. The quantitative estimate of drug-likeness (QED) is 0.719. The number of ether oxygens (including phenoxy) is 1. The highest BCUT2D eigenvalue weighted by Gasteiger charge is 2.20. The molecule has 1 heterocycles. The number of anilines is 1. The SMILES string of the molecule is CC(C)OCc1cccc(NC(=O)c2cccnc2SC2CCCC2)c1. The van der Waals surface area contributed by atoms with Crippen molar-refractivity contribution in [1.29, 1.82) is 0 Å². The molecule has 2 aromatic rings. The smallest absolute Gasteiger partial charge is 0.258 e. The Hall–Kier alpha value is -1.85. The standard InChI is InChI=1S/C21H26N2O2S/c1-15(2)25-14-16-7-5-8-17(13-16)23-20(24)19-11-6-12-22-21(19)26-18-9-3-4-10-18/h5-8,11-13,15,18H,3-4,9-10,14H2,1-2H3,(H,23,24). The molecule has 0 radical (unpaired) electrons. The normalized spacial score (nSPS) is 14.7. The second-order valence-corrected chi connectivity index (χ2v) is 8.18. The van der Waals surface area contributed by atoms with E-state index in [1.165, 1.54) is 25.7 Å². The Morgan fingerprint density at radius 3 is 2.85 bits per heavy atom. The van der Waals surface area contributed by atoms with E-state index in [9.17, 15) is 4.79 Å². The van der Waals surface area contributed by atoms with E-state index in [2.05, 4.69) is 10.3 Å². The van der Waals surface area contributed by atoms with Crippen LogP contribution in [0.2, 0.25) is 0 Å². The molecule has 1 aliphatic rings. The van der Waals surface area contributed by atoms with Crippen LogP contribution < -0.4 is 5.32 Å². The van der Waals surface area contributed by atoms with Crippen molar-refractivity contribution < 1.29 is 9.53 Å². The van der Waals surface area contributed by atoms with Crippen LogP contribution in [0.4, 0.5) is 5.69 Å². The predicted molar refractivity (Wildman–Crippen MR) is 107 cm³/mol. The third kappa shape index (κ3) is 5.32. The molecule has 0 bridgehead atoms. The number of thioether (sulfide) groups is 1. The van der Waals surface area contributed by atoms with E-state index in [0.29, 0.717) is 17.4 Å². The predicted octanol–water partition coefficient (Wildman–Crippen LogP) is 5.29. The van der Waals surface area contributed by atoms with Gasteiger partial charge in [0, 0.05) is 17.1 Å². The average Bonchev–Trinajstić information content (AvgIpc) is 3.14. The Labute approximate surface area is 159 Å². The molecule has 1 aromatic carbocycles. The molecule has 138 valence electrons. The van der Waals surface area contributed by atoms with Gasteiger partial charge in [0.05, 0.1) is 18.3 Å². The van der Waals surface area contributed by atoms with Crippen LogP contribution in [0.15, 0.2) is 47.6 Å². The van der Waals surface area contributed by atoms with E-state index < -0.39 is 0 Å². The molecule has 0 spiro atoms. The number of carbonyl (C=O) groups is 1. The lowest BCUT2D eigenvalue weighted by molar-refractivity contribution is 0.0657. The van der Waals surface area contributed by atoms with E-state index in [1.807, 2.05) is 50.2 Å². The number of benzene rings is 1. The van der Waals surface area contributed by atoms with Crippen LogP contribution in [0, 0.1) is 0 Å². The molecule has 5 heteroatoms. The molecule has 0 atom stereocenters. The van der Waals surface area contributed by atoms with Gasteiger partial charge in [-0.25, -0.2) is 4.98 Å². The van der Waals surface area contributed by atoms with Gasteiger partial charge in [0.2, 0.25) is 0 Å². The second kappa shape index (κ2) is 9.19. The molecule has 1 amide bonds. The van der Waals surface area contributed by atoms with Crippen molar-refractivity contribution in [2.75, 3.05) is 5.32 Å². The summed E-state index contributed by atoms with van der Waals surface area (Å²) in [5, 5.41) is 4.41. The first kappa shape index (κ1) is 18.9. The number of nitrogens with zero attached hydrogens (tertiary/aromatic N) is 1. The van der Waals surface area contributed by atoms with Gasteiger partial charge in [-0.2, -0.15) is 0 Å². The Morgan fingerprint density at radius 1 is 1.27 bits per heavy atom. The van der Waals surface area contributed by atoms with E-state index in [-0.39, 0.29) is 12.0 Å². The molecule has 1 aromatic heterocycles. The minimum absolute atomic E-state index is 0.111. The Kier molecular flexibility index (Phi) is 6.69. The fourth-order valence-electron chi connectivity index (χ4n) is 3.02. The molecular formula is C21H26N2O2S. The lowest BCUT2D eigenvalue weighted by Gasteiger charge is -2.13. The summed E-state index contributed by atoms with van der Waals surface area (Å²) in [4.78, 5) is 17.2. The van der Waals surface area contributed by atoms with Crippen molar-refractivity contribution in [1.82, 2.24) is 4.98 Å². The maximum Gasteiger partial charge on any atom is 0.258 e. The number of nitrogens with one attached hydrogen (secondary N) is 1. The van der Waals surface area contributed by atoms with Gasteiger partial charge in [-0.1, -0.05) is 25.0 Å². The minimum Gasteiger partial charge on any atom is -0.374 e. The molecule has 1 fully saturated rings. The molecule has 0 unspecified atom stereocenters. The van der Waals surface area contributed by atoms with Gasteiger partial charge in [-0.3, -0.25) is 4.79 Å². The minimum atomic E-state index is -0.111. The van der Waals surface area contributed by atoms with Gasteiger partial charge in [0.15, 0.2) is 0 Å². The summed E-state index contributed by atoms with van der Waals surface area (Å²) in [5.74, 6) is -0.111. The fourth-order valence-corrected chi connectivity index (χ4v) is 4.32. The maximum atomic E-state index is 12.8. The molecular weight excluding hydrogens is 344 g/mol. The second-order valence-electron chi connectivity index (χ2n) is 6.89. The Bertz CT molecular complexity index is 742. The van der Waals surface area contributed by atoms with Gasteiger partial charge < -0.3 is 10.1 Å². The highest BCUT2D eigenvalue weighted by molar-refractivity contribution is 7.99. The van der Waals surface area contributed by atoms with E-state index >= 15 is 0 Å². The number of aromatic nitrogens is 1. The van der Waals surface area contributed by atoms with Gasteiger partial charge in [-0.05, 0) is 56.5 Å². The number of carbonyl (C=O) groups excluding carboxylic acids is 1. The lowest BCUT2D eigenvalue weighted by atomic mass is 10.2. The summed E-state index contributed by atoms with van der Waals surface area (Å²) in [6.45, 7) is 4.56. The molecule has 1 aliphatic carbocycles. The summed E-state index contributed by atoms with van der Waals surface area (Å²) in [7, 11) is 0. The van der Waals surface area contributed by atoms with Gasteiger partial charge in [0.25, 0.3) is 5.91 Å². The van der Waals surface area contributed by atoms with Crippen LogP contribution >= 0.6 is 11.8 Å². The summed E-state index contributed by atoms with van der Waals surface area (Å²) < 4.78 is 5.64. The number of hydrogen-bond donors (Lipinski definition) is 1. The molecule has 0 aliphatic heterocycles. The maximum absolute atomic E-state index is 12.8. The Morgan fingerprint density at radius 2 is 2.08 bits per heavy atom. The van der Waals surface area contributed by atoms with Gasteiger partial charge in [-0.15, -0.1) is 11.8 Å². The van der Waals surface area contributed by atoms with Crippen LogP contribution in [0.25, 0.3) is 0 Å².